The number of ether oxygens (including phenoxy) is 2. The molecule has 1 heterocycles. The molecule has 0 aromatic rings. The second kappa shape index (κ2) is 5.46. The first kappa shape index (κ1) is 13.9. The molecule has 1 aliphatic rings. The molecular weight excluding hydrogens is 226 g/mol. The summed E-state index contributed by atoms with van der Waals surface area (Å²) in [7, 11) is 0. The summed E-state index contributed by atoms with van der Waals surface area (Å²) < 4.78 is 10.2. The van der Waals surface area contributed by atoms with Crippen molar-refractivity contribution in [2.45, 2.75) is 44.9 Å². The minimum absolute atomic E-state index is 0.0727. The number of carbonyl (C=O) groups excluding carboxylic acids is 2. The SMILES string of the molecule is CC(C)(C)OC(=O)N[C@H]1CO[C@H](CO)CC1=O. The predicted molar refractivity (Wildman–Crippen MR) is 59.6 cm³/mol. The number of aliphatic hydroxyl groups excluding tert-OH is 1. The summed E-state index contributed by atoms with van der Waals surface area (Å²) in [6.07, 6.45) is -0.988. The molecule has 1 aliphatic heterocycles. The number of nitrogens with one attached hydrogen (secondary N) is 1. The van der Waals surface area contributed by atoms with Crippen molar-refractivity contribution >= 4 is 11.9 Å². The van der Waals surface area contributed by atoms with Crippen LogP contribution in [0.15, 0.2) is 0 Å². The van der Waals surface area contributed by atoms with E-state index in [4.69, 9.17) is 14.6 Å². The van der Waals surface area contributed by atoms with Gasteiger partial charge in [0.2, 0.25) is 0 Å². The molecule has 0 bridgehead atoms. The zero-order chi connectivity index (χ0) is 13.1. The Bertz CT molecular complexity index is 297. The largest absolute Gasteiger partial charge is 0.444 e. The first-order chi connectivity index (χ1) is 7.81. The van der Waals surface area contributed by atoms with E-state index in [9.17, 15) is 9.59 Å². The molecule has 98 valence electrons. The summed E-state index contributed by atoms with van der Waals surface area (Å²) in [4.78, 5) is 23.0. The van der Waals surface area contributed by atoms with Gasteiger partial charge in [0.25, 0.3) is 0 Å². The molecule has 2 N–H and O–H groups in total. The lowest BCUT2D eigenvalue weighted by Crippen LogP contribution is -2.50. The first-order valence-electron chi connectivity index (χ1n) is 5.56. The van der Waals surface area contributed by atoms with Gasteiger partial charge in [-0.15, -0.1) is 0 Å². The molecule has 0 aromatic heterocycles. The molecule has 17 heavy (non-hydrogen) atoms. The molecule has 1 saturated heterocycles. The number of ketones is 1. The highest BCUT2D eigenvalue weighted by atomic mass is 16.6. The minimum atomic E-state index is -0.687. The van der Waals surface area contributed by atoms with Crippen LogP contribution in [0.1, 0.15) is 27.2 Å². The van der Waals surface area contributed by atoms with Gasteiger partial charge < -0.3 is 19.9 Å². The fraction of sp³-hybridized carbons (Fsp3) is 0.818. The summed E-state index contributed by atoms with van der Waals surface area (Å²) in [5.41, 5.74) is -0.601. The molecule has 0 spiro atoms. The number of amides is 1. The van der Waals surface area contributed by atoms with Gasteiger partial charge >= 0.3 is 6.09 Å². The molecule has 1 amide bonds. The van der Waals surface area contributed by atoms with Crippen molar-refractivity contribution < 1.29 is 24.2 Å². The maximum Gasteiger partial charge on any atom is 0.408 e. The maximum atomic E-state index is 11.6. The average molecular weight is 245 g/mol. The Balaban J connectivity index is 2.42. The average Bonchev–Trinajstić information content (AvgIpc) is 2.18. The fourth-order valence-electron chi connectivity index (χ4n) is 1.44. The third kappa shape index (κ3) is 4.70. The van der Waals surface area contributed by atoms with E-state index < -0.39 is 23.8 Å². The summed E-state index contributed by atoms with van der Waals surface area (Å²) >= 11 is 0. The summed E-state index contributed by atoms with van der Waals surface area (Å²) in [6.45, 7) is 5.11. The number of hydrogen-bond acceptors (Lipinski definition) is 5. The van der Waals surface area contributed by atoms with Gasteiger partial charge in [0.05, 0.1) is 19.3 Å². The van der Waals surface area contributed by atoms with Crippen LogP contribution in [0.4, 0.5) is 4.79 Å². The summed E-state index contributed by atoms with van der Waals surface area (Å²) in [5.74, 6) is -0.152. The van der Waals surface area contributed by atoms with E-state index in [2.05, 4.69) is 5.32 Å². The summed E-state index contributed by atoms with van der Waals surface area (Å²) in [6, 6.07) is -0.687. The van der Waals surface area contributed by atoms with Crippen LogP contribution < -0.4 is 5.32 Å². The van der Waals surface area contributed by atoms with E-state index >= 15 is 0 Å². The van der Waals surface area contributed by atoms with E-state index in [0.717, 1.165) is 0 Å². The standard InChI is InChI=1S/C11H19NO5/c1-11(2,3)17-10(15)12-8-6-16-7(5-13)4-9(8)14/h7-8,13H,4-6H2,1-3H3,(H,12,15)/t7-,8-/m0/s1. The smallest absolute Gasteiger partial charge is 0.408 e. The minimum Gasteiger partial charge on any atom is -0.444 e. The second-order valence-corrected chi connectivity index (χ2v) is 5.01. The van der Waals surface area contributed by atoms with Crippen molar-refractivity contribution in [3.05, 3.63) is 0 Å². The second-order valence-electron chi connectivity index (χ2n) is 5.01. The Labute approximate surface area is 100 Å². The van der Waals surface area contributed by atoms with Crippen LogP contribution in [0.3, 0.4) is 0 Å². The predicted octanol–water partition coefficient (Wildman–Crippen LogP) is 0.230. The Kier molecular flexibility index (Phi) is 4.47. The van der Waals surface area contributed by atoms with Crippen molar-refractivity contribution in [1.29, 1.82) is 0 Å². The molecule has 0 unspecified atom stereocenters. The van der Waals surface area contributed by atoms with Gasteiger partial charge in [0.15, 0.2) is 5.78 Å². The van der Waals surface area contributed by atoms with E-state index in [0.29, 0.717) is 0 Å². The lowest BCUT2D eigenvalue weighted by atomic mass is 10.0. The molecule has 0 aromatic carbocycles. The van der Waals surface area contributed by atoms with Gasteiger partial charge in [-0.2, -0.15) is 0 Å². The van der Waals surface area contributed by atoms with Gasteiger partial charge in [-0.3, -0.25) is 4.79 Å². The number of Topliss-reactive ketones (excluding diaryl/α,β-unsaturated/α-hetero) is 1. The number of carbonyl (C=O) groups is 2. The van der Waals surface area contributed by atoms with Gasteiger partial charge in [-0.25, -0.2) is 4.79 Å². The molecule has 0 radical (unpaired) electrons. The van der Waals surface area contributed by atoms with E-state index in [1.807, 2.05) is 0 Å². The third-order valence-electron chi connectivity index (χ3n) is 2.21. The van der Waals surface area contributed by atoms with Gasteiger partial charge in [0.1, 0.15) is 11.6 Å². The van der Waals surface area contributed by atoms with Crippen molar-refractivity contribution in [1.82, 2.24) is 5.32 Å². The lowest BCUT2D eigenvalue weighted by molar-refractivity contribution is -0.134. The summed E-state index contributed by atoms with van der Waals surface area (Å²) in [5, 5.41) is 11.3. The van der Waals surface area contributed by atoms with Crippen LogP contribution in [0.2, 0.25) is 0 Å². The van der Waals surface area contributed by atoms with Gasteiger partial charge in [-0.05, 0) is 20.8 Å². The number of aliphatic hydroxyl groups is 1. The quantitative estimate of drug-likeness (QED) is 0.727. The van der Waals surface area contributed by atoms with Gasteiger partial charge in [-0.1, -0.05) is 0 Å². The molecule has 6 heteroatoms. The van der Waals surface area contributed by atoms with Crippen molar-refractivity contribution in [3.63, 3.8) is 0 Å². The third-order valence-corrected chi connectivity index (χ3v) is 2.21. The van der Waals surface area contributed by atoms with E-state index in [-0.39, 0.29) is 25.4 Å². The van der Waals surface area contributed by atoms with Crippen molar-refractivity contribution in [3.8, 4) is 0 Å². The molecule has 6 nitrogen and oxygen atoms in total. The molecule has 1 fully saturated rings. The first-order valence-corrected chi connectivity index (χ1v) is 5.56. The fourth-order valence-corrected chi connectivity index (χ4v) is 1.44. The van der Waals surface area contributed by atoms with Crippen LogP contribution in [-0.4, -0.2) is 47.9 Å². The lowest BCUT2D eigenvalue weighted by Gasteiger charge is -2.28. The van der Waals surface area contributed by atoms with Crippen LogP contribution in [-0.2, 0) is 14.3 Å². The van der Waals surface area contributed by atoms with Gasteiger partial charge in [0, 0.05) is 6.42 Å². The number of hydrogen-bond donors (Lipinski definition) is 2. The zero-order valence-corrected chi connectivity index (χ0v) is 10.4. The molecule has 0 aliphatic carbocycles. The Morgan fingerprint density at radius 2 is 2.24 bits per heavy atom. The highest BCUT2D eigenvalue weighted by molar-refractivity contribution is 5.88. The highest BCUT2D eigenvalue weighted by Gasteiger charge is 2.31. The highest BCUT2D eigenvalue weighted by Crippen LogP contribution is 2.11. The van der Waals surface area contributed by atoms with Crippen LogP contribution in [0, 0.1) is 0 Å². The number of alkyl carbamates (subject to hydrolysis) is 1. The Morgan fingerprint density at radius 3 is 2.71 bits per heavy atom. The topological polar surface area (TPSA) is 84.9 Å². The molecule has 0 saturated carbocycles. The van der Waals surface area contributed by atoms with Crippen LogP contribution in [0.25, 0.3) is 0 Å². The molecule has 1 rings (SSSR count). The van der Waals surface area contributed by atoms with Crippen LogP contribution in [0.5, 0.6) is 0 Å². The van der Waals surface area contributed by atoms with E-state index in [1.165, 1.54) is 0 Å². The Hall–Kier alpha value is -1.14. The molecular formula is C11H19NO5. The van der Waals surface area contributed by atoms with E-state index in [1.54, 1.807) is 20.8 Å². The van der Waals surface area contributed by atoms with Crippen molar-refractivity contribution in [2.75, 3.05) is 13.2 Å². The zero-order valence-electron chi connectivity index (χ0n) is 10.4. The van der Waals surface area contributed by atoms with Crippen molar-refractivity contribution in [2.24, 2.45) is 0 Å². The van der Waals surface area contributed by atoms with Crippen LogP contribution >= 0.6 is 0 Å². The normalized spacial score (nSPS) is 25.5. The number of rotatable bonds is 2. The Morgan fingerprint density at radius 1 is 1.59 bits per heavy atom. The molecule has 2 atom stereocenters. The maximum absolute atomic E-state index is 11.6. The monoisotopic (exact) mass is 245 g/mol.